The largest absolute Gasteiger partial charge is 0.393 e. The first-order valence-corrected chi connectivity index (χ1v) is 9.10. The smallest absolute Gasteiger partial charge is 0.227 e. The molecule has 0 aliphatic carbocycles. The SMILES string of the molecule is CN(Cc1ccc2nsnc2c1)c1nccc(N2CCC(O)CC2)n1. The Morgan fingerprint density at radius 2 is 2.00 bits per heavy atom. The first kappa shape index (κ1) is 16.2. The fourth-order valence-electron chi connectivity index (χ4n) is 3.06. The molecule has 1 fully saturated rings. The quantitative estimate of drug-likeness (QED) is 0.767. The normalized spacial score (nSPS) is 15.7. The van der Waals surface area contributed by atoms with Crippen LogP contribution in [0.1, 0.15) is 18.4 Å². The van der Waals surface area contributed by atoms with Crippen LogP contribution in [0, 0.1) is 0 Å². The van der Waals surface area contributed by atoms with Crippen LogP contribution >= 0.6 is 11.7 Å². The van der Waals surface area contributed by atoms with Crippen molar-refractivity contribution < 1.29 is 5.11 Å². The van der Waals surface area contributed by atoms with Gasteiger partial charge in [-0.1, -0.05) is 6.07 Å². The van der Waals surface area contributed by atoms with Gasteiger partial charge >= 0.3 is 0 Å². The van der Waals surface area contributed by atoms with Crippen LogP contribution in [-0.2, 0) is 6.54 Å². The third kappa shape index (κ3) is 3.54. The number of aliphatic hydroxyl groups is 1. The summed E-state index contributed by atoms with van der Waals surface area (Å²) in [5.74, 6) is 1.61. The summed E-state index contributed by atoms with van der Waals surface area (Å²) in [5, 5.41) is 9.66. The van der Waals surface area contributed by atoms with Crippen LogP contribution < -0.4 is 9.80 Å². The highest BCUT2D eigenvalue weighted by atomic mass is 32.1. The second-order valence-corrected chi connectivity index (χ2v) is 6.90. The lowest BCUT2D eigenvalue weighted by Crippen LogP contribution is -2.36. The summed E-state index contributed by atoms with van der Waals surface area (Å²) >= 11 is 1.23. The summed E-state index contributed by atoms with van der Waals surface area (Å²) < 4.78 is 8.53. The van der Waals surface area contributed by atoms with Crippen molar-refractivity contribution in [2.45, 2.75) is 25.5 Å². The lowest BCUT2D eigenvalue weighted by molar-refractivity contribution is 0.145. The van der Waals surface area contributed by atoms with Gasteiger partial charge in [0.1, 0.15) is 16.9 Å². The highest BCUT2D eigenvalue weighted by molar-refractivity contribution is 7.00. The lowest BCUT2D eigenvalue weighted by atomic mass is 10.1. The molecule has 1 saturated heterocycles. The Bertz CT molecular complexity index is 861. The second kappa shape index (κ2) is 6.89. The molecule has 0 spiro atoms. The van der Waals surface area contributed by atoms with E-state index >= 15 is 0 Å². The predicted octanol–water partition coefficient (Wildman–Crippen LogP) is 2.08. The Hall–Kier alpha value is -2.32. The molecule has 25 heavy (non-hydrogen) atoms. The van der Waals surface area contributed by atoms with Crippen molar-refractivity contribution in [2.75, 3.05) is 29.9 Å². The average Bonchev–Trinajstić information content (AvgIpc) is 3.10. The summed E-state index contributed by atoms with van der Waals surface area (Å²) in [6.07, 6.45) is 3.19. The van der Waals surface area contributed by atoms with Gasteiger partial charge in [-0.05, 0) is 36.6 Å². The Morgan fingerprint density at radius 3 is 2.84 bits per heavy atom. The van der Waals surface area contributed by atoms with Crippen LogP contribution in [-0.4, -0.2) is 50.1 Å². The van der Waals surface area contributed by atoms with Gasteiger partial charge in [0.25, 0.3) is 0 Å². The molecule has 130 valence electrons. The van der Waals surface area contributed by atoms with E-state index in [1.165, 1.54) is 11.7 Å². The number of fused-ring (bicyclic) bond motifs is 1. The maximum atomic E-state index is 9.66. The lowest BCUT2D eigenvalue weighted by Gasteiger charge is -2.31. The summed E-state index contributed by atoms with van der Waals surface area (Å²) in [7, 11) is 1.99. The topological polar surface area (TPSA) is 78.3 Å². The minimum absolute atomic E-state index is 0.185. The molecule has 0 saturated carbocycles. The van der Waals surface area contributed by atoms with Gasteiger partial charge in [0, 0.05) is 32.9 Å². The van der Waals surface area contributed by atoms with Crippen LogP contribution in [0.3, 0.4) is 0 Å². The Labute approximate surface area is 150 Å². The number of nitrogens with zero attached hydrogens (tertiary/aromatic N) is 6. The van der Waals surface area contributed by atoms with Gasteiger partial charge in [-0.3, -0.25) is 0 Å². The van der Waals surface area contributed by atoms with E-state index in [-0.39, 0.29) is 6.10 Å². The molecule has 1 aliphatic heterocycles. The molecule has 1 N–H and O–H groups in total. The van der Waals surface area contributed by atoms with E-state index in [0.29, 0.717) is 12.5 Å². The number of aromatic nitrogens is 4. The number of benzene rings is 1. The number of piperidine rings is 1. The molecule has 3 aromatic rings. The third-order valence-electron chi connectivity index (χ3n) is 4.50. The van der Waals surface area contributed by atoms with Crippen molar-refractivity contribution in [3.63, 3.8) is 0 Å². The van der Waals surface area contributed by atoms with Crippen molar-refractivity contribution in [2.24, 2.45) is 0 Å². The number of hydrogen-bond acceptors (Lipinski definition) is 8. The average molecular weight is 356 g/mol. The Balaban J connectivity index is 1.49. The molecule has 1 aromatic carbocycles. The van der Waals surface area contributed by atoms with Gasteiger partial charge in [0.2, 0.25) is 5.95 Å². The van der Waals surface area contributed by atoms with Crippen LogP contribution in [0.2, 0.25) is 0 Å². The van der Waals surface area contributed by atoms with E-state index < -0.39 is 0 Å². The zero-order valence-electron chi connectivity index (χ0n) is 14.0. The molecule has 3 heterocycles. The molecule has 8 heteroatoms. The molecular weight excluding hydrogens is 336 g/mol. The maximum Gasteiger partial charge on any atom is 0.227 e. The minimum Gasteiger partial charge on any atom is -0.393 e. The molecule has 0 radical (unpaired) electrons. The zero-order chi connectivity index (χ0) is 17.2. The number of rotatable bonds is 4. The van der Waals surface area contributed by atoms with E-state index in [1.54, 1.807) is 6.20 Å². The standard InChI is InChI=1S/C17H20N6OS/c1-22(11-12-2-3-14-15(10-12)21-25-20-14)17-18-7-4-16(19-17)23-8-5-13(24)6-9-23/h2-4,7,10,13,24H,5-6,8-9,11H2,1H3. The van der Waals surface area contributed by atoms with Crippen molar-refractivity contribution in [3.8, 4) is 0 Å². The van der Waals surface area contributed by atoms with E-state index in [4.69, 9.17) is 4.98 Å². The van der Waals surface area contributed by atoms with Gasteiger partial charge in [-0.25, -0.2) is 4.98 Å². The molecular formula is C17H20N6OS. The van der Waals surface area contributed by atoms with Crippen molar-refractivity contribution in [1.82, 2.24) is 18.7 Å². The summed E-state index contributed by atoms with van der Waals surface area (Å²) in [4.78, 5) is 13.4. The number of hydrogen-bond donors (Lipinski definition) is 1. The van der Waals surface area contributed by atoms with Crippen LogP contribution in [0.4, 0.5) is 11.8 Å². The molecule has 4 rings (SSSR count). The summed E-state index contributed by atoms with van der Waals surface area (Å²) in [5.41, 5.74) is 3.01. The molecule has 0 unspecified atom stereocenters. The molecule has 0 atom stereocenters. The zero-order valence-corrected chi connectivity index (χ0v) is 14.9. The second-order valence-electron chi connectivity index (χ2n) is 6.38. The fourth-order valence-corrected chi connectivity index (χ4v) is 3.58. The highest BCUT2D eigenvalue weighted by Crippen LogP contribution is 2.21. The van der Waals surface area contributed by atoms with E-state index in [2.05, 4.69) is 30.8 Å². The first-order chi connectivity index (χ1) is 12.2. The summed E-state index contributed by atoms with van der Waals surface area (Å²) in [6.45, 7) is 2.36. The predicted molar refractivity (Wildman–Crippen MR) is 99.0 cm³/mol. The number of anilines is 2. The van der Waals surface area contributed by atoms with Gasteiger partial charge in [0.15, 0.2) is 0 Å². The molecule has 2 aromatic heterocycles. The Kier molecular flexibility index (Phi) is 4.46. The van der Waals surface area contributed by atoms with Gasteiger partial charge in [-0.15, -0.1) is 0 Å². The monoisotopic (exact) mass is 356 g/mol. The van der Waals surface area contributed by atoms with Crippen LogP contribution in [0.25, 0.3) is 11.0 Å². The van der Waals surface area contributed by atoms with E-state index in [0.717, 1.165) is 48.3 Å². The first-order valence-electron chi connectivity index (χ1n) is 8.37. The van der Waals surface area contributed by atoms with E-state index in [1.807, 2.05) is 24.1 Å². The van der Waals surface area contributed by atoms with Gasteiger partial charge in [-0.2, -0.15) is 13.7 Å². The third-order valence-corrected chi connectivity index (χ3v) is 5.05. The molecule has 1 aliphatic rings. The number of aliphatic hydroxyl groups excluding tert-OH is 1. The maximum absolute atomic E-state index is 9.66. The highest BCUT2D eigenvalue weighted by Gasteiger charge is 2.19. The molecule has 0 bridgehead atoms. The van der Waals surface area contributed by atoms with Gasteiger partial charge < -0.3 is 14.9 Å². The molecule has 7 nitrogen and oxygen atoms in total. The fraction of sp³-hybridized carbons (Fsp3) is 0.412. The van der Waals surface area contributed by atoms with E-state index in [9.17, 15) is 5.11 Å². The van der Waals surface area contributed by atoms with Crippen molar-refractivity contribution in [3.05, 3.63) is 36.0 Å². The minimum atomic E-state index is -0.185. The van der Waals surface area contributed by atoms with Crippen LogP contribution in [0.15, 0.2) is 30.5 Å². The van der Waals surface area contributed by atoms with Gasteiger partial charge in [0.05, 0.1) is 17.8 Å². The van der Waals surface area contributed by atoms with Crippen molar-refractivity contribution >= 4 is 34.5 Å². The van der Waals surface area contributed by atoms with Crippen molar-refractivity contribution in [1.29, 1.82) is 0 Å². The molecule has 0 amide bonds. The Morgan fingerprint density at radius 1 is 1.20 bits per heavy atom. The van der Waals surface area contributed by atoms with Crippen LogP contribution in [0.5, 0.6) is 0 Å². The summed E-state index contributed by atoms with van der Waals surface area (Å²) in [6, 6.07) is 8.06.